The van der Waals surface area contributed by atoms with Crippen molar-refractivity contribution < 1.29 is 19.1 Å². The summed E-state index contributed by atoms with van der Waals surface area (Å²) in [5.74, 6) is -0.467. The molecule has 0 spiro atoms. The molecule has 1 aliphatic carbocycles. The first-order valence-electron chi connectivity index (χ1n) is 14.8. The number of rotatable bonds is 11. The summed E-state index contributed by atoms with van der Waals surface area (Å²) in [6, 6.07) is 15.8. The van der Waals surface area contributed by atoms with Crippen LogP contribution < -0.4 is 10.6 Å². The highest BCUT2D eigenvalue weighted by Gasteiger charge is 2.37. The molecule has 2 unspecified atom stereocenters. The molecule has 0 heterocycles. The van der Waals surface area contributed by atoms with E-state index in [2.05, 4.69) is 17.6 Å². The number of aryl methyl sites for hydroxylation is 1. The molecule has 0 radical (unpaired) electrons. The van der Waals surface area contributed by atoms with Crippen LogP contribution in [0.1, 0.15) is 95.4 Å². The molecule has 2 aromatic carbocycles. The maximum absolute atomic E-state index is 14.4. The molecule has 1 saturated carbocycles. The van der Waals surface area contributed by atoms with E-state index in [0.29, 0.717) is 6.54 Å². The number of alkyl carbamates (subject to hydrolysis) is 1. The van der Waals surface area contributed by atoms with E-state index in [1.54, 1.807) is 25.7 Å². The van der Waals surface area contributed by atoms with Crippen LogP contribution in [0.5, 0.6) is 0 Å². The van der Waals surface area contributed by atoms with Gasteiger partial charge >= 0.3 is 6.09 Å². The summed E-state index contributed by atoms with van der Waals surface area (Å²) < 4.78 is 5.53. The first kappa shape index (κ1) is 31.2. The predicted molar refractivity (Wildman–Crippen MR) is 159 cm³/mol. The average molecular weight is 550 g/mol. The number of benzene rings is 2. The Bertz CT molecular complexity index is 1110. The van der Waals surface area contributed by atoms with E-state index < -0.39 is 23.8 Å². The second-order valence-electron chi connectivity index (χ2n) is 11.9. The van der Waals surface area contributed by atoms with Crippen molar-refractivity contribution in [2.24, 2.45) is 0 Å². The highest BCUT2D eigenvalue weighted by molar-refractivity contribution is 5.92. The van der Waals surface area contributed by atoms with Crippen molar-refractivity contribution in [1.82, 2.24) is 15.5 Å². The molecule has 218 valence electrons. The molecular weight excluding hydrogens is 502 g/mol. The number of nitrogens with zero attached hydrogens (tertiary/aromatic N) is 1. The van der Waals surface area contributed by atoms with E-state index in [0.717, 1.165) is 55.2 Å². The Morgan fingerprint density at radius 1 is 1.00 bits per heavy atom. The SMILES string of the molecule is CCCCN(C(=O)C(Cc1ccccc1)NC(=O)OC(C)(C)C)C(C(=O)NC1CCCCC1)c1cccc(C)c1. The average Bonchev–Trinajstić information content (AvgIpc) is 2.90. The van der Waals surface area contributed by atoms with E-state index >= 15 is 0 Å². The van der Waals surface area contributed by atoms with Crippen LogP contribution in [-0.2, 0) is 20.7 Å². The molecule has 7 nitrogen and oxygen atoms in total. The summed E-state index contributed by atoms with van der Waals surface area (Å²) in [4.78, 5) is 43.0. The van der Waals surface area contributed by atoms with Crippen LogP contribution in [0.4, 0.5) is 4.79 Å². The van der Waals surface area contributed by atoms with Crippen LogP contribution in [0.3, 0.4) is 0 Å². The zero-order chi connectivity index (χ0) is 29.1. The minimum atomic E-state index is -0.899. The molecule has 0 saturated heterocycles. The fourth-order valence-corrected chi connectivity index (χ4v) is 5.23. The lowest BCUT2D eigenvalue weighted by molar-refractivity contribution is -0.143. The summed E-state index contributed by atoms with van der Waals surface area (Å²) >= 11 is 0. The van der Waals surface area contributed by atoms with Crippen molar-refractivity contribution in [1.29, 1.82) is 0 Å². The summed E-state index contributed by atoms with van der Waals surface area (Å²) in [6.45, 7) is 9.81. The zero-order valence-corrected chi connectivity index (χ0v) is 24.9. The standard InChI is InChI=1S/C33H47N3O4/c1-6-7-21-36(29(26-18-14-15-24(2)22-26)30(37)34-27-19-12-9-13-20-27)31(38)28(23-25-16-10-8-11-17-25)35-32(39)40-33(3,4)5/h8,10-11,14-18,22,27-29H,6-7,9,12-13,19-21,23H2,1-5H3,(H,34,37)(H,35,39). The number of ether oxygens (including phenoxy) is 1. The molecule has 0 aliphatic heterocycles. The number of hydrogen-bond acceptors (Lipinski definition) is 4. The van der Waals surface area contributed by atoms with E-state index in [4.69, 9.17) is 4.74 Å². The first-order valence-corrected chi connectivity index (χ1v) is 14.8. The highest BCUT2D eigenvalue weighted by Crippen LogP contribution is 2.26. The monoisotopic (exact) mass is 549 g/mol. The lowest BCUT2D eigenvalue weighted by Crippen LogP contribution is -2.54. The van der Waals surface area contributed by atoms with Gasteiger partial charge in [-0.25, -0.2) is 4.79 Å². The lowest BCUT2D eigenvalue weighted by atomic mass is 9.94. The molecule has 0 aromatic heterocycles. The summed E-state index contributed by atoms with van der Waals surface area (Å²) in [6.07, 6.45) is 6.49. The molecule has 2 atom stereocenters. The van der Waals surface area contributed by atoms with E-state index in [1.165, 1.54) is 6.42 Å². The maximum Gasteiger partial charge on any atom is 0.408 e. The van der Waals surface area contributed by atoms with Gasteiger partial charge in [0.25, 0.3) is 0 Å². The third-order valence-corrected chi connectivity index (χ3v) is 7.18. The topological polar surface area (TPSA) is 87.7 Å². The third kappa shape index (κ3) is 9.68. The van der Waals surface area contributed by atoms with Crippen LogP contribution in [-0.4, -0.2) is 47.0 Å². The summed E-state index contributed by atoms with van der Waals surface area (Å²) in [7, 11) is 0. The Labute approximate surface area is 240 Å². The van der Waals surface area contributed by atoms with Crippen molar-refractivity contribution in [2.75, 3.05) is 6.54 Å². The number of nitrogens with one attached hydrogen (secondary N) is 2. The molecule has 1 fully saturated rings. The van der Waals surface area contributed by atoms with E-state index in [1.807, 2.05) is 61.5 Å². The number of unbranched alkanes of at least 4 members (excludes halogenated alkanes) is 1. The van der Waals surface area contributed by atoms with E-state index in [9.17, 15) is 14.4 Å². The number of hydrogen-bond donors (Lipinski definition) is 2. The Hall–Kier alpha value is -3.35. The zero-order valence-electron chi connectivity index (χ0n) is 24.9. The quantitative estimate of drug-likeness (QED) is 0.347. The molecule has 1 aliphatic rings. The van der Waals surface area contributed by atoms with Gasteiger partial charge in [0, 0.05) is 19.0 Å². The lowest BCUT2D eigenvalue weighted by Gasteiger charge is -2.36. The Morgan fingerprint density at radius 2 is 1.70 bits per heavy atom. The van der Waals surface area contributed by atoms with Gasteiger partial charge < -0.3 is 20.3 Å². The fourth-order valence-electron chi connectivity index (χ4n) is 5.23. The highest BCUT2D eigenvalue weighted by atomic mass is 16.6. The molecule has 7 heteroatoms. The normalized spacial score (nSPS) is 15.5. The van der Waals surface area contributed by atoms with E-state index in [-0.39, 0.29) is 24.3 Å². The summed E-state index contributed by atoms with van der Waals surface area (Å²) in [5.41, 5.74) is 1.99. The van der Waals surface area contributed by atoms with Crippen LogP contribution >= 0.6 is 0 Å². The molecule has 40 heavy (non-hydrogen) atoms. The van der Waals surface area contributed by atoms with Gasteiger partial charge in [-0.15, -0.1) is 0 Å². The van der Waals surface area contributed by atoms with Crippen LogP contribution in [0, 0.1) is 6.92 Å². The second-order valence-corrected chi connectivity index (χ2v) is 11.9. The first-order chi connectivity index (χ1) is 19.1. The van der Waals surface area contributed by atoms with Crippen molar-refractivity contribution in [3.8, 4) is 0 Å². The van der Waals surface area contributed by atoms with Crippen molar-refractivity contribution in [3.05, 3.63) is 71.3 Å². The van der Waals surface area contributed by atoms with Gasteiger partial charge in [0.05, 0.1) is 0 Å². The predicted octanol–water partition coefficient (Wildman–Crippen LogP) is 6.25. The van der Waals surface area contributed by atoms with Gasteiger partial charge in [-0.1, -0.05) is 92.8 Å². The van der Waals surface area contributed by atoms with Crippen LogP contribution in [0.25, 0.3) is 0 Å². The molecule has 2 aromatic rings. The van der Waals surface area contributed by atoms with Crippen LogP contribution in [0.15, 0.2) is 54.6 Å². The molecule has 2 N–H and O–H groups in total. The minimum Gasteiger partial charge on any atom is -0.444 e. The van der Waals surface area contributed by atoms with Gasteiger partial charge in [0.2, 0.25) is 11.8 Å². The largest absolute Gasteiger partial charge is 0.444 e. The second kappa shape index (κ2) is 14.9. The minimum absolute atomic E-state index is 0.108. The smallest absolute Gasteiger partial charge is 0.408 e. The number of carbonyl (C=O) groups excluding carboxylic acids is 3. The Kier molecular flexibility index (Phi) is 11.6. The van der Waals surface area contributed by atoms with Crippen LogP contribution in [0.2, 0.25) is 0 Å². The van der Waals surface area contributed by atoms with Gasteiger partial charge in [0.15, 0.2) is 0 Å². The Morgan fingerprint density at radius 3 is 2.33 bits per heavy atom. The maximum atomic E-state index is 14.4. The fraction of sp³-hybridized carbons (Fsp3) is 0.545. The summed E-state index contributed by atoms with van der Waals surface area (Å²) in [5, 5.41) is 6.10. The van der Waals surface area contributed by atoms with Gasteiger partial charge in [-0.2, -0.15) is 0 Å². The van der Waals surface area contributed by atoms with Crippen molar-refractivity contribution >= 4 is 17.9 Å². The van der Waals surface area contributed by atoms with Gasteiger partial charge in [-0.05, 0) is 58.1 Å². The number of carbonyl (C=O) groups is 3. The molecule has 3 amide bonds. The van der Waals surface area contributed by atoms with Gasteiger partial charge in [-0.3, -0.25) is 9.59 Å². The van der Waals surface area contributed by atoms with Crippen molar-refractivity contribution in [2.45, 2.75) is 110 Å². The van der Waals surface area contributed by atoms with Gasteiger partial charge in [0.1, 0.15) is 17.7 Å². The molecular formula is C33H47N3O4. The van der Waals surface area contributed by atoms with Crippen molar-refractivity contribution in [3.63, 3.8) is 0 Å². The Balaban J connectivity index is 1.99. The third-order valence-electron chi connectivity index (χ3n) is 7.18. The molecule has 3 rings (SSSR count). The number of amides is 3. The molecule has 0 bridgehead atoms.